The molecule has 0 unspecified atom stereocenters. The number of nitrogens with zero attached hydrogens (tertiary/aromatic N) is 2. The minimum Gasteiger partial charge on any atom is -0.378 e. The monoisotopic (exact) mass is 498 g/mol. The van der Waals surface area contributed by atoms with E-state index in [9.17, 15) is 14.4 Å². The number of hydrogen-bond donors (Lipinski definition) is 2. The molecule has 0 bridgehead atoms. The fraction of sp³-hybridized carbons (Fsp3) is 0.276. The first-order valence-corrected chi connectivity index (χ1v) is 12.5. The lowest BCUT2D eigenvalue weighted by atomic mass is 9.84. The third-order valence-corrected chi connectivity index (χ3v) is 6.77. The second-order valence-corrected chi connectivity index (χ2v) is 9.42. The van der Waals surface area contributed by atoms with E-state index in [1.165, 1.54) is 0 Å². The van der Waals surface area contributed by atoms with Gasteiger partial charge in [-0.05, 0) is 35.4 Å². The predicted molar refractivity (Wildman–Crippen MR) is 141 cm³/mol. The number of imide groups is 1. The summed E-state index contributed by atoms with van der Waals surface area (Å²) < 4.78 is 5.40. The smallest absolute Gasteiger partial charge is 0.325 e. The zero-order valence-electron chi connectivity index (χ0n) is 20.6. The molecule has 3 aromatic rings. The second kappa shape index (κ2) is 10.8. The van der Waals surface area contributed by atoms with Gasteiger partial charge >= 0.3 is 6.03 Å². The molecule has 4 amide bonds. The van der Waals surface area contributed by atoms with Crippen molar-refractivity contribution in [3.05, 3.63) is 96.1 Å². The van der Waals surface area contributed by atoms with Gasteiger partial charge in [0.05, 0.1) is 13.2 Å². The van der Waals surface area contributed by atoms with Gasteiger partial charge in [-0.2, -0.15) is 0 Å². The standard InChI is InChI=1S/C29H30N4O4/c34-26(30-24-11-13-25(14-12-24)32-15-17-37-18-16-32)21-33-27(35)29(31-28(33)36,19-22-7-3-1-4-8-22)20-23-9-5-2-6-10-23/h1-14H,15-21H2,(H,30,34)(H,31,36). The molecule has 2 heterocycles. The van der Waals surface area contributed by atoms with Crippen molar-refractivity contribution in [2.75, 3.05) is 43.1 Å². The van der Waals surface area contributed by atoms with E-state index in [0.29, 0.717) is 31.7 Å². The highest BCUT2D eigenvalue weighted by Crippen LogP contribution is 2.27. The molecule has 2 aliphatic rings. The van der Waals surface area contributed by atoms with E-state index in [-0.39, 0.29) is 6.54 Å². The number of anilines is 2. The SMILES string of the molecule is O=C(CN1C(=O)NC(Cc2ccccc2)(Cc2ccccc2)C1=O)Nc1ccc(N2CCOCC2)cc1. The van der Waals surface area contributed by atoms with Crippen molar-refractivity contribution in [1.82, 2.24) is 10.2 Å². The number of carbonyl (C=O) groups is 3. The van der Waals surface area contributed by atoms with E-state index >= 15 is 0 Å². The molecule has 5 rings (SSSR count). The van der Waals surface area contributed by atoms with Gasteiger partial charge in [-0.25, -0.2) is 4.79 Å². The second-order valence-electron chi connectivity index (χ2n) is 9.42. The minimum atomic E-state index is -1.17. The van der Waals surface area contributed by atoms with Crippen molar-refractivity contribution in [2.45, 2.75) is 18.4 Å². The average Bonchev–Trinajstić information content (AvgIpc) is 3.14. The maximum Gasteiger partial charge on any atom is 0.325 e. The van der Waals surface area contributed by atoms with E-state index < -0.39 is 23.4 Å². The summed E-state index contributed by atoms with van der Waals surface area (Å²) in [4.78, 5) is 42.8. The molecule has 0 aromatic heterocycles. The fourth-order valence-corrected chi connectivity index (χ4v) is 4.93. The Morgan fingerprint density at radius 1 is 0.838 bits per heavy atom. The molecule has 2 N–H and O–H groups in total. The summed E-state index contributed by atoms with van der Waals surface area (Å²) in [5.74, 6) is -0.833. The molecule has 0 atom stereocenters. The number of carbonyl (C=O) groups excluding carboxylic acids is 3. The highest BCUT2D eigenvalue weighted by Gasteiger charge is 2.51. The number of morpholine rings is 1. The van der Waals surface area contributed by atoms with E-state index in [0.717, 1.165) is 34.8 Å². The fourth-order valence-electron chi connectivity index (χ4n) is 4.93. The van der Waals surface area contributed by atoms with Crippen LogP contribution in [-0.2, 0) is 27.2 Å². The van der Waals surface area contributed by atoms with Crippen molar-refractivity contribution >= 4 is 29.2 Å². The average molecular weight is 499 g/mol. The van der Waals surface area contributed by atoms with Crippen LogP contribution in [0.4, 0.5) is 16.2 Å². The molecule has 8 nitrogen and oxygen atoms in total. The zero-order chi connectivity index (χ0) is 25.7. The Morgan fingerprint density at radius 3 is 1.97 bits per heavy atom. The van der Waals surface area contributed by atoms with Crippen molar-refractivity contribution in [2.24, 2.45) is 0 Å². The highest BCUT2D eigenvalue weighted by molar-refractivity contribution is 6.10. The van der Waals surface area contributed by atoms with E-state index in [1.54, 1.807) is 0 Å². The third-order valence-electron chi connectivity index (χ3n) is 6.77. The number of hydrogen-bond acceptors (Lipinski definition) is 5. The maximum absolute atomic E-state index is 13.7. The molecule has 2 saturated heterocycles. The van der Waals surface area contributed by atoms with Crippen LogP contribution in [-0.4, -0.2) is 61.1 Å². The van der Waals surface area contributed by atoms with Gasteiger partial charge in [0.15, 0.2) is 0 Å². The Balaban J connectivity index is 1.29. The van der Waals surface area contributed by atoms with Crippen LogP contribution >= 0.6 is 0 Å². The number of nitrogens with one attached hydrogen (secondary N) is 2. The number of amides is 4. The van der Waals surface area contributed by atoms with E-state index in [4.69, 9.17) is 4.74 Å². The molecule has 2 aliphatic heterocycles. The third kappa shape index (κ3) is 5.65. The van der Waals surface area contributed by atoms with Gasteiger partial charge in [-0.1, -0.05) is 60.7 Å². The summed E-state index contributed by atoms with van der Waals surface area (Å²) in [5.41, 5.74) is 2.35. The summed E-state index contributed by atoms with van der Waals surface area (Å²) in [6, 6.07) is 26.1. The lowest BCUT2D eigenvalue weighted by molar-refractivity contribution is -0.133. The van der Waals surface area contributed by atoms with E-state index in [2.05, 4.69) is 15.5 Å². The number of benzene rings is 3. The highest BCUT2D eigenvalue weighted by atomic mass is 16.5. The number of ether oxygens (including phenoxy) is 1. The topological polar surface area (TPSA) is 91.0 Å². The van der Waals surface area contributed by atoms with Gasteiger partial charge in [0.2, 0.25) is 5.91 Å². The molecule has 3 aromatic carbocycles. The Bertz CT molecular complexity index is 1200. The van der Waals surface area contributed by atoms with Crippen molar-refractivity contribution in [3.8, 4) is 0 Å². The Kier molecular flexibility index (Phi) is 7.18. The molecule has 0 spiro atoms. The van der Waals surface area contributed by atoms with Crippen LogP contribution in [0.15, 0.2) is 84.9 Å². The first-order chi connectivity index (χ1) is 18.0. The van der Waals surface area contributed by atoms with Crippen LogP contribution in [0.2, 0.25) is 0 Å². The van der Waals surface area contributed by atoms with Gasteiger partial charge in [-0.3, -0.25) is 14.5 Å². The molecule has 190 valence electrons. The summed E-state index contributed by atoms with van der Waals surface area (Å²) in [6.45, 7) is 2.68. The first-order valence-electron chi connectivity index (χ1n) is 12.5. The zero-order valence-corrected chi connectivity index (χ0v) is 20.6. The lowest BCUT2D eigenvalue weighted by Crippen LogP contribution is -2.51. The van der Waals surface area contributed by atoms with E-state index in [1.807, 2.05) is 84.9 Å². The van der Waals surface area contributed by atoms with Crippen LogP contribution < -0.4 is 15.5 Å². The molecule has 0 radical (unpaired) electrons. The molecule has 8 heteroatoms. The van der Waals surface area contributed by atoms with Gasteiger partial charge in [0, 0.05) is 37.3 Å². The predicted octanol–water partition coefficient (Wildman–Crippen LogP) is 3.24. The molecular weight excluding hydrogens is 468 g/mol. The normalized spacial score (nSPS) is 17.0. The molecule has 2 fully saturated rings. The van der Waals surface area contributed by atoms with Gasteiger partial charge < -0.3 is 20.3 Å². The largest absolute Gasteiger partial charge is 0.378 e. The van der Waals surface area contributed by atoms with Gasteiger partial charge in [0.1, 0.15) is 12.1 Å². The number of rotatable bonds is 8. The van der Waals surface area contributed by atoms with Crippen LogP contribution in [0.1, 0.15) is 11.1 Å². The Morgan fingerprint density at radius 2 is 1.41 bits per heavy atom. The molecular formula is C29H30N4O4. The van der Waals surface area contributed by atoms with Gasteiger partial charge in [-0.15, -0.1) is 0 Å². The van der Waals surface area contributed by atoms with Crippen molar-refractivity contribution in [3.63, 3.8) is 0 Å². The minimum absolute atomic E-state index is 0.328. The quantitative estimate of drug-likeness (QED) is 0.466. The van der Waals surface area contributed by atoms with Crippen LogP contribution in [0.3, 0.4) is 0 Å². The van der Waals surface area contributed by atoms with Crippen LogP contribution in [0.5, 0.6) is 0 Å². The summed E-state index contributed by atoms with van der Waals surface area (Å²) in [5, 5.41) is 5.73. The molecule has 0 aliphatic carbocycles. The number of urea groups is 1. The molecule has 37 heavy (non-hydrogen) atoms. The lowest BCUT2D eigenvalue weighted by Gasteiger charge is -2.29. The Hall–Kier alpha value is -4.17. The van der Waals surface area contributed by atoms with Crippen molar-refractivity contribution < 1.29 is 19.1 Å². The van der Waals surface area contributed by atoms with Crippen molar-refractivity contribution in [1.29, 1.82) is 0 Å². The Labute approximate surface area is 216 Å². The first kappa shape index (κ1) is 24.5. The van der Waals surface area contributed by atoms with Crippen LogP contribution in [0.25, 0.3) is 0 Å². The van der Waals surface area contributed by atoms with Crippen LogP contribution in [0, 0.1) is 0 Å². The maximum atomic E-state index is 13.7. The summed E-state index contributed by atoms with van der Waals surface area (Å²) in [6.07, 6.45) is 0.656. The summed E-state index contributed by atoms with van der Waals surface area (Å²) >= 11 is 0. The summed E-state index contributed by atoms with van der Waals surface area (Å²) in [7, 11) is 0. The van der Waals surface area contributed by atoms with Gasteiger partial charge in [0.25, 0.3) is 5.91 Å². The molecule has 0 saturated carbocycles.